The molecule has 1 amide bonds. The van der Waals surface area contributed by atoms with Crippen LogP contribution in [0.25, 0.3) is 0 Å². The Bertz CT molecular complexity index is 626. The smallest absolute Gasteiger partial charge is 0.225 e. The van der Waals surface area contributed by atoms with E-state index < -0.39 is 0 Å². The Hall–Kier alpha value is -1.65. The number of hydrogen-bond donors (Lipinski definition) is 1. The third-order valence-corrected chi connectivity index (χ3v) is 7.32. The maximum absolute atomic E-state index is 12.9. The van der Waals surface area contributed by atoms with E-state index in [-0.39, 0.29) is 11.9 Å². The van der Waals surface area contributed by atoms with Crippen molar-refractivity contribution in [1.29, 1.82) is 0 Å². The Morgan fingerprint density at radius 3 is 2.42 bits per heavy atom. The maximum Gasteiger partial charge on any atom is 0.225 e. The summed E-state index contributed by atoms with van der Waals surface area (Å²) in [6.45, 7) is 1.81. The Morgan fingerprint density at radius 2 is 1.77 bits per heavy atom. The highest BCUT2D eigenvalue weighted by molar-refractivity contribution is 5.77. The maximum atomic E-state index is 12.9. The van der Waals surface area contributed by atoms with Gasteiger partial charge in [-0.05, 0) is 80.6 Å². The molecule has 140 valence electrons. The molecule has 0 spiro atoms. The molecule has 0 radical (unpaired) electrons. The minimum absolute atomic E-state index is 0.231. The summed E-state index contributed by atoms with van der Waals surface area (Å²) in [5.74, 6) is 3.80. The van der Waals surface area contributed by atoms with Crippen LogP contribution in [0.1, 0.15) is 57.8 Å². The normalized spacial score (nSPS) is 38.4. The molecule has 6 rings (SSSR count). The van der Waals surface area contributed by atoms with Gasteiger partial charge in [0.05, 0.1) is 0 Å². The van der Waals surface area contributed by atoms with Gasteiger partial charge >= 0.3 is 0 Å². The first-order valence-electron chi connectivity index (χ1n) is 10.5. The number of amides is 1. The van der Waals surface area contributed by atoms with E-state index in [1.165, 1.54) is 38.5 Å². The molecule has 5 nitrogen and oxygen atoms in total. The number of nitrogens with one attached hydrogen (secondary N) is 1. The molecule has 1 aromatic rings. The van der Waals surface area contributed by atoms with Crippen LogP contribution in [0.15, 0.2) is 18.5 Å². The van der Waals surface area contributed by atoms with Crippen molar-refractivity contribution < 1.29 is 4.79 Å². The van der Waals surface area contributed by atoms with Crippen molar-refractivity contribution in [1.82, 2.24) is 15.3 Å². The average molecular weight is 354 g/mol. The zero-order chi connectivity index (χ0) is 17.6. The van der Waals surface area contributed by atoms with E-state index in [0.717, 1.165) is 56.1 Å². The highest BCUT2D eigenvalue weighted by Crippen LogP contribution is 2.61. The van der Waals surface area contributed by atoms with Gasteiger partial charge < -0.3 is 10.2 Å². The van der Waals surface area contributed by atoms with Gasteiger partial charge in [0.15, 0.2) is 0 Å². The standard InChI is InChI=1S/C21H30N4O/c26-19(13-21-10-15-7-16(11-21)9-17(8-15)12-21)24-18-3-1-6-25(14-18)20-22-4-2-5-23-20/h2,4-5,15-18H,1,3,6-14H2,(H,24,26). The van der Waals surface area contributed by atoms with Crippen LogP contribution in [0.3, 0.4) is 0 Å². The van der Waals surface area contributed by atoms with Gasteiger partial charge in [-0.25, -0.2) is 9.97 Å². The van der Waals surface area contributed by atoms with E-state index in [9.17, 15) is 4.79 Å². The number of carbonyl (C=O) groups excluding carboxylic acids is 1. The first-order chi connectivity index (χ1) is 12.7. The van der Waals surface area contributed by atoms with Crippen molar-refractivity contribution in [2.45, 2.75) is 63.8 Å². The van der Waals surface area contributed by atoms with E-state index in [1.54, 1.807) is 12.4 Å². The van der Waals surface area contributed by atoms with Crippen molar-refractivity contribution in [3.8, 4) is 0 Å². The number of aromatic nitrogens is 2. The molecule has 1 atom stereocenters. The van der Waals surface area contributed by atoms with Gasteiger partial charge in [-0.2, -0.15) is 0 Å². The first kappa shape index (κ1) is 16.5. The lowest BCUT2D eigenvalue weighted by Gasteiger charge is -2.56. The van der Waals surface area contributed by atoms with E-state index in [4.69, 9.17) is 0 Å². The molecule has 1 aromatic heterocycles. The number of anilines is 1. The fraction of sp³-hybridized carbons (Fsp3) is 0.762. The molecule has 26 heavy (non-hydrogen) atoms. The fourth-order valence-electron chi connectivity index (χ4n) is 6.86. The minimum Gasteiger partial charge on any atom is -0.352 e. The SMILES string of the molecule is O=C(CC12CC3CC(CC(C3)C1)C2)NC1CCCN(c2ncccn2)C1. The average Bonchev–Trinajstić information content (AvgIpc) is 2.61. The summed E-state index contributed by atoms with van der Waals surface area (Å²) in [5, 5.41) is 3.36. The van der Waals surface area contributed by atoms with Crippen LogP contribution in [-0.2, 0) is 4.79 Å². The van der Waals surface area contributed by atoms with Gasteiger partial charge in [0.25, 0.3) is 0 Å². The molecule has 1 aliphatic heterocycles. The van der Waals surface area contributed by atoms with Crippen LogP contribution in [-0.4, -0.2) is 35.0 Å². The van der Waals surface area contributed by atoms with Crippen LogP contribution in [0.2, 0.25) is 0 Å². The zero-order valence-corrected chi connectivity index (χ0v) is 15.6. The van der Waals surface area contributed by atoms with Crippen molar-refractivity contribution in [3.63, 3.8) is 0 Å². The van der Waals surface area contributed by atoms with E-state index in [1.807, 2.05) is 6.07 Å². The van der Waals surface area contributed by atoms with Gasteiger partial charge in [-0.1, -0.05) is 0 Å². The predicted octanol–water partition coefficient (Wildman–Crippen LogP) is 3.17. The second-order valence-electron chi connectivity index (χ2n) is 9.50. The first-order valence-corrected chi connectivity index (χ1v) is 10.5. The third kappa shape index (κ3) is 3.21. The molecule has 1 unspecified atom stereocenters. The topological polar surface area (TPSA) is 58.1 Å². The number of hydrogen-bond acceptors (Lipinski definition) is 4. The summed E-state index contributed by atoms with van der Waals surface area (Å²) in [5.41, 5.74) is 0.329. The lowest BCUT2D eigenvalue weighted by Crippen LogP contribution is -2.51. The quantitative estimate of drug-likeness (QED) is 0.902. The molecule has 5 aliphatic rings. The van der Waals surface area contributed by atoms with Crippen molar-refractivity contribution >= 4 is 11.9 Å². The van der Waals surface area contributed by atoms with Crippen molar-refractivity contribution in [2.24, 2.45) is 23.2 Å². The molecular formula is C21H30N4O. The summed E-state index contributed by atoms with van der Waals surface area (Å²) in [6.07, 6.45) is 14.7. The van der Waals surface area contributed by atoms with Crippen LogP contribution >= 0.6 is 0 Å². The van der Waals surface area contributed by atoms with E-state index >= 15 is 0 Å². The lowest BCUT2D eigenvalue weighted by molar-refractivity contribution is -0.130. The molecule has 4 aliphatic carbocycles. The van der Waals surface area contributed by atoms with Crippen LogP contribution in [0, 0.1) is 23.2 Å². The third-order valence-electron chi connectivity index (χ3n) is 7.32. The van der Waals surface area contributed by atoms with Gasteiger partial charge in [0.2, 0.25) is 11.9 Å². The fourth-order valence-corrected chi connectivity index (χ4v) is 6.86. The number of rotatable bonds is 4. The van der Waals surface area contributed by atoms with Gasteiger partial charge in [0.1, 0.15) is 0 Å². The summed E-state index contributed by atoms with van der Waals surface area (Å²) in [7, 11) is 0. The molecule has 0 aromatic carbocycles. The van der Waals surface area contributed by atoms with Crippen LogP contribution in [0.5, 0.6) is 0 Å². The Kier molecular flexibility index (Phi) is 4.13. The summed E-state index contributed by atoms with van der Waals surface area (Å²) < 4.78 is 0. The highest BCUT2D eigenvalue weighted by atomic mass is 16.1. The van der Waals surface area contributed by atoms with Crippen molar-refractivity contribution in [3.05, 3.63) is 18.5 Å². The molecule has 4 bridgehead atoms. The molecule has 1 N–H and O–H groups in total. The van der Waals surface area contributed by atoms with E-state index in [2.05, 4.69) is 20.2 Å². The summed E-state index contributed by atoms with van der Waals surface area (Å²) in [6, 6.07) is 2.08. The van der Waals surface area contributed by atoms with E-state index in [0.29, 0.717) is 5.41 Å². The lowest BCUT2D eigenvalue weighted by atomic mass is 9.49. The van der Waals surface area contributed by atoms with Crippen LogP contribution in [0.4, 0.5) is 5.95 Å². The molecule has 4 saturated carbocycles. The second kappa shape index (κ2) is 6.50. The van der Waals surface area contributed by atoms with Crippen molar-refractivity contribution in [2.75, 3.05) is 18.0 Å². The monoisotopic (exact) mass is 354 g/mol. The number of piperidine rings is 1. The molecule has 2 heterocycles. The number of carbonyl (C=O) groups is 1. The Labute approximate surface area is 156 Å². The molecule has 5 heteroatoms. The predicted molar refractivity (Wildman–Crippen MR) is 101 cm³/mol. The Balaban J connectivity index is 1.19. The second-order valence-corrected chi connectivity index (χ2v) is 9.50. The van der Waals surface area contributed by atoms with Gasteiger partial charge in [-0.3, -0.25) is 4.79 Å². The minimum atomic E-state index is 0.231. The summed E-state index contributed by atoms with van der Waals surface area (Å²) in [4.78, 5) is 23.8. The zero-order valence-electron chi connectivity index (χ0n) is 15.6. The largest absolute Gasteiger partial charge is 0.352 e. The van der Waals surface area contributed by atoms with Gasteiger partial charge in [0, 0.05) is 37.9 Å². The highest BCUT2D eigenvalue weighted by Gasteiger charge is 2.51. The summed E-state index contributed by atoms with van der Waals surface area (Å²) >= 11 is 0. The van der Waals surface area contributed by atoms with Gasteiger partial charge in [-0.15, -0.1) is 0 Å². The molecule has 5 fully saturated rings. The Morgan fingerprint density at radius 1 is 1.12 bits per heavy atom. The molecular weight excluding hydrogens is 324 g/mol. The molecule has 1 saturated heterocycles. The van der Waals surface area contributed by atoms with Crippen LogP contribution < -0.4 is 10.2 Å². The number of nitrogens with zero attached hydrogens (tertiary/aromatic N) is 3.